The van der Waals surface area contributed by atoms with Crippen molar-refractivity contribution in [3.05, 3.63) is 87.1 Å². The van der Waals surface area contributed by atoms with E-state index in [1.54, 1.807) is 44.2 Å². The minimum atomic E-state index is -0.765. The average molecular weight is 446 g/mol. The Hall–Kier alpha value is -4.78. The Kier molecular flexibility index (Phi) is 6.95. The lowest BCUT2D eigenvalue weighted by atomic mass is 10.1. The molecule has 0 aliphatic rings. The van der Waals surface area contributed by atoms with Crippen LogP contribution in [-0.2, 0) is 4.74 Å². The van der Waals surface area contributed by atoms with Gasteiger partial charge in [-0.1, -0.05) is 0 Å². The Morgan fingerprint density at radius 2 is 1.94 bits per heavy atom. The van der Waals surface area contributed by atoms with Gasteiger partial charge in [0.15, 0.2) is 0 Å². The maximum absolute atomic E-state index is 12.8. The van der Waals surface area contributed by atoms with Gasteiger partial charge in [0.05, 0.1) is 17.1 Å². The first kappa shape index (κ1) is 22.9. The molecule has 166 valence electrons. The summed E-state index contributed by atoms with van der Waals surface area (Å²) in [6.07, 6.45) is 1.50. The van der Waals surface area contributed by atoms with E-state index in [1.165, 1.54) is 12.3 Å². The van der Waals surface area contributed by atoms with Crippen molar-refractivity contribution >= 4 is 23.3 Å². The third kappa shape index (κ3) is 5.48. The fourth-order valence-electron chi connectivity index (χ4n) is 2.88. The number of nitriles is 1. The lowest BCUT2D eigenvalue weighted by Crippen LogP contribution is -2.15. The molecule has 1 N–H and O–H groups in total. The molecule has 0 radical (unpaired) electrons. The molecule has 1 aromatic heterocycles. The molecule has 3 rings (SSSR count). The van der Waals surface area contributed by atoms with Crippen LogP contribution in [0.5, 0.6) is 11.6 Å². The van der Waals surface area contributed by atoms with E-state index in [2.05, 4.69) is 10.3 Å². The summed E-state index contributed by atoms with van der Waals surface area (Å²) in [4.78, 5) is 39.4. The number of nitro benzene ring substituents is 1. The van der Waals surface area contributed by atoms with E-state index in [0.29, 0.717) is 17.0 Å². The SMILES string of the molecule is CCOC(=O)c1cc(C(=O)Nc2ccc(Oc3ncccc3C#N)cc2C)cc([N+](=O)[O-])c1. The second-order valence-corrected chi connectivity index (χ2v) is 6.75. The van der Waals surface area contributed by atoms with Crippen LogP contribution >= 0.6 is 0 Å². The van der Waals surface area contributed by atoms with Crippen molar-refractivity contribution < 1.29 is 24.0 Å². The summed E-state index contributed by atoms with van der Waals surface area (Å²) in [6, 6.07) is 13.4. The number of nitrogens with one attached hydrogen (secondary N) is 1. The molecule has 1 heterocycles. The van der Waals surface area contributed by atoms with Gasteiger partial charge in [-0.15, -0.1) is 0 Å². The maximum atomic E-state index is 12.8. The molecule has 0 unspecified atom stereocenters. The van der Waals surface area contributed by atoms with Crippen LogP contribution in [0.4, 0.5) is 11.4 Å². The molecule has 3 aromatic rings. The van der Waals surface area contributed by atoms with E-state index in [1.807, 2.05) is 6.07 Å². The van der Waals surface area contributed by atoms with E-state index in [9.17, 15) is 19.7 Å². The molecular formula is C23H18N4O6. The van der Waals surface area contributed by atoms with E-state index in [0.717, 1.165) is 12.1 Å². The number of amides is 1. The maximum Gasteiger partial charge on any atom is 0.338 e. The Balaban J connectivity index is 1.83. The van der Waals surface area contributed by atoms with Gasteiger partial charge in [0.25, 0.3) is 11.6 Å². The topological polar surface area (TPSA) is 144 Å². The van der Waals surface area contributed by atoms with Gasteiger partial charge in [-0.05, 0) is 55.8 Å². The van der Waals surface area contributed by atoms with Crippen molar-refractivity contribution in [3.63, 3.8) is 0 Å². The molecule has 0 fully saturated rings. The van der Waals surface area contributed by atoms with E-state index in [4.69, 9.17) is 14.7 Å². The number of hydrogen-bond acceptors (Lipinski definition) is 8. The predicted molar refractivity (Wildman–Crippen MR) is 117 cm³/mol. The number of pyridine rings is 1. The molecule has 33 heavy (non-hydrogen) atoms. The van der Waals surface area contributed by atoms with Crippen molar-refractivity contribution in [1.82, 2.24) is 4.98 Å². The minimum absolute atomic E-state index is 0.0703. The van der Waals surface area contributed by atoms with Crippen molar-refractivity contribution in [2.75, 3.05) is 11.9 Å². The number of carbonyl (C=O) groups is 2. The lowest BCUT2D eigenvalue weighted by Gasteiger charge is -2.12. The number of carbonyl (C=O) groups excluding carboxylic acids is 2. The van der Waals surface area contributed by atoms with Crippen LogP contribution in [0.3, 0.4) is 0 Å². The molecule has 10 heteroatoms. The third-order valence-corrected chi connectivity index (χ3v) is 4.45. The molecule has 0 saturated carbocycles. The zero-order valence-corrected chi connectivity index (χ0v) is 17.7. The number of non-ortho nitro benzene ring substituents is 1. The van der Waals surface area contributed by atoms with Crippen molar-refractivity contribution in [3.8, 4) is 17.7 Å². The average Bonchev–Trinajstić information content (AvgIpc) is 2.81. The molecule has 0 aliphatic carbocycles. The number of ether oxygens (including phenoxy) is 2. The van der Waals surface area contributed by atoms with Crippen molar-refractivity contribution in [1.29, 1.82) is 5.26 Å². The van der Waals surface area contributed by atoms with E-state index < -0.39 is 22.5 Å². The molecule has 0 saturated heterocycles. The third-order valence-electron chi connectivity index (χ3n) is 4.45. The zero-order valence-electron chi connectivity index (χ0n) is 17.7. The molecule has 10 nitrogen and oxygen atoms in total. The van der Waals surface area contributed by atoms with Gasteiger partial charge in [-0.3, -0.25) is 14.9 Å². The van der Waals surface area contributed by atoms with Crippen LogP contribution in [0.25, 0.3) is 0 Å². The summed E-state index contributed by atoms with van der Waals surface area (Å²) in [5.41, 5.74) is 0.759. The molecule has 2 aromatic carbocycles. The summed E-state index contributed by atoms with van der Waals surface area (Å²) < 4.78 is 10.5. The van der Waals surface area contributed by atoms with Gasteiger partial charge < -0.3 is 14.8 Å². The molecule has 0 aliphatic heterocycles. The normalized spacial score (nSPS) is 10.1. The number of nitrogens with zero attached hydrogens (tertiary/aromatic N) is 3. The zero-order chi connectivity index (χ0) is 24.0. The van der Waals surface area contributed by atoms with E-state index in [-0.39, 0.29) is 29.2 Å². The number of aromatic nitrogens is 1. The van der Waals surface area contributed by atoms with Crippen LogP contribution in [0.15, 0.2) is 54.7 Å². The number of esters is 1. The summed E-state index contributed by atoms with van der Waals surface area (Å²) in [7, 11) is 0. The Bertz CT molecular complexity index is 1280. The fraction of sp³-hybridized carbons (Fsp3) is 0.130. The highest BCUT2D eigenvalue weighted by atomic mass is 16.6. The van der Waals surface area contributed by atoms with Crippen LogP contribution in [0.1, 0.15) is 38.8 Å². The number of aryl methyl sites for hydroxylation is 1. The van der Waals surface area contributed by atoms with Gasteiger partial charge in [0.2, 0.25) is 5.88 Å². The highest BCUT2D eigenvalue weighted by molar-refractivity contribution is 6.06. The highest BCUT2D eigenvalue weighted by Crippen LogP contribution is 2.27. The van der Waals surface area contributed by atoms with Crippen molar-refractivity contribution in [2.45, 2.75) is 13.8 Å². The fourth-order valence-corrected chi connectivity index (χ4v) is 2.88. The van der Waals surface area contributed by atoms with Crippen LogP contribution < -0.4 is 10.1 Å². The minimum Gasteiger partial charge on any atom is -0.462 e. The smallest absolute Gasteiger partial charge is 0.338 e. The molecule has 0 bridgehead atoms. The molecule has 1 amide bonds. The number of nitro groups is 1. The predicted octanol–water partition coefficient (Wildman–Crippen LogP) is 4.39. The number of anilines is 1. The lowest BCUT2D eigenvalue weighted by molar-refractivity contribution is -0.384. The Morgan fingerprint density at radius 3 is 2.61 bits per heavy atom. The standard InChI is InChI=1S/C23H18N4O6/c1-3-32-23(29)17-10-16(11-18(12-17)27(30)31)21(28)26-20-7-6-19(9-14(20)2)33-22-15(13-24)5-4-8-25-22/h4-12H,3H2,1-2H3,(H,26,28). The largest absolute Gasteiger partial charge is 0.462 e. The second-order valence-electron chi connectivity index (χ2n) is 6.75. The summed E-state index contributed by atoms with van der Waals surface area (Å²) in [5.74, 6) is -0.850. The summed E-state index contributed by atoms with van der Waals surface area (Å²) in [6.45, 7) is 3.42. The Labute approximate surface area is 188 Å². The van der Waals surface area contributed by atoms with Crippen LogP contribution in [0, 0.1) is 28.4 Å². The quantitative estimate of drug-likeness (QED) is 0.319. The first-order chi connectivity index (χ1) is 15.8. The number of hydrogen-bond donors (Lipinski definition) is 1. The number of benzene rings is 2. The van der Waals surface area contributed by atoms with Gasteiger partial charge in [0, 0.05) is 29.6 Å². The molecule has 0 atom stereocenters. The van der Waals surface area contributed by atoms with Gasteiger partial charge in [0.1, 0.15) is 17.4 Å². The summed E-state index contributed by atoms with van der Waals surface area (Å²) in [5, 5.41) is 23.1. The van der Waals surface area contributed by atoms with Crippen molar-refractivity contribution in [2.24, 2.45) is 0 Å². The highest BCUT2D eigenvalue weighted by Gasteiger charge is 2.19. The van der Waals surface area contributed by atoms with Crippen LogP contribution in [-0.4, -0.2) is 28.4 Å². The number of rotatable bonds is 7. The molecular weight excluding hydrogens is 428 g/mol. The first-order valence-electron chi connectivity index (χ1n) is 9.74. The van der Waals surface area contributed by atoms with Gasteiger partial charge >= 0.3 is 5.97 Å². The summed E-state index contributed by atoms with van der Waals surface area (Å²) >= 11 is 0. The van der Waals surface area contributed by atoms with Gasteiger partial charge in [-0.2, -0.15) is 5.26 Å². The van der Waals surface area contributed by atoms with E-state index >= 15 is 0 Å². The van der Waals surface area contributed by atoms with Crippen LogP contribution in [0.2, 0.25) is 0 Å². The first-order valence-corrected chi connectivity index (χ1v) is 9.74. The monoisotopic (exact) mass is 446 g/mol. The Morgan fingerprint density at radius 1 is 1.18 bits per heavy atom. The second kappa shape index (κ2) is 10.0. The van der Waals surface area contributed by atoms with Gasteiger partial charge in [-0.25, -0.2) is 9.78 Å². The molecule has 0 spiro atoms.